The van der Waals surface area contributed by atoms with Gasteiger partial charge in [0, 0.05) is 0 Å². The average molecular weight is 361 g/mol. The van der Waals surface area contributed by atoms with Crippen LogP contribution < -0.4 is 4.31 Å². The molecule has 0 unspecified atom stereocenters. The highest BCUT2D eigenvalue weighted by Crippen LogP contribution is 2.26. The van der Waals surface area contributed by atoms with E-state index in [1.807, 2.05) is 84.0 Å². The third-order valence-electron chi connectivity index (χ3n) is 4.32. The molecule has 1 aromatic heterocycles. The van der Waals surface area contributed by atoms with E-state index < -0.39 is 11.0 Å². The summed E-state index contributed by atoms with van der Waals surface area (Å²) in [6.45, 7) is 2.48. The van der Waals surface area contributed by atoms with Crippen molar-refractivity contribution in [2.24, 2.45) is 0 Å². The van der Waals surface area contributed by atoms with Crippen LogP contribution in [0, 0.1) is 6.92 Å². The summed E-state index contributed by atoms with van der Waals surface area (Å²) in [6, 6.07) is 25.9. The zero-order valence-electron chi connectivity index (χ0n) is 14.5. The van der Waals surface area contributed by atoms with Crippen LogP contribution in [0.3, 0.4) is 0 Å². The predicted molar refractivity (Wildman–Crippen MR) is 106 cm³/mol. The first-order valence-corrected chi connectivity index (χ1v) is 9.59. The van der Waals surface area contributed by atoms with Crippen LogP contribution in [0.4, 0.5) is 5.69 Å². The molecule has 0 aliphatic rings. The number of furan rings is 1. The summed E-state index contributed by atoms with van der Waals surface area (Å²) in [5, 5.41) is 2.22. The smallest absolute Gasteiger partial charge is 0.153 e. The molecule has 4 rings (SSSR count). The van der Waals surface area contributed by atoms with Crippen LogP contribution in [0.2, 0.25) is 0 Å². The van der Waals surface area contributed by atoms with E-state index in [0.717, 1.165) is 27.1 Å². The number of nitrogens with zero attached hydrogens (tertiary/aromatic N) is 1. The maximum absolute atomic E-state index is 13.4. The van der Waals surface area contributed by atoms with Gasteiger partial charge in [-0.15, -0.1) is 0 Å². The van der Waals surface area contributed by atoms with Gasteiger partial charge in [0.15, 0.2) is 11.0 Å². The van der Waals surface area contributed by atoms with Crippen molar-refractivity contribution >= 4 is 27.4 Å². The molecule has 0 fully saturated rings. The quantitative estimate of drug-likeness (QED) is 0.472. The van der Waals surface area contributed by atoms with Gasteiger partial charge in [0.05, 0.1) is 23.4 Å². The Morgan fingerprint density at radius 1 is 0.885 bits per heavy atom. The fourth-order valence-electron chi connectivity index (χ4n) is 2.90. The molecule has 1 atom stereocenters. The maximum atomic E-state index is 13.4. The Hall–Kier alpha value is -2.85. The Morgan fingerprint density at radius 2 is 1.65 bits per heavy atom. The van der Waals surface area contributed by atoms with E-state index in [1.165, 1.54) is 5.56 Å². The molecular formula is C22H19NO2S. The molecule has 0 N–H and O–H groups in total. The van der Waals surface area contributed by atoms with Crippen LogP contribution in [0.5, 0.6) is 0 Å². The van der Waals surface area contributed by atoms with E-state index in [9.17, 15) is 4.21 Å². The molecule has 3 nitrogen and oxygen atoms in total. The SMILES string of the molecule is Cc1ccc(N(Cc2ccco2)[S@](=O)c2ccc3ccccc3c2)cc1. The van der Waals surface area contributed by atoms with Crippen molar-refractivity contribution in [1.29, 1.82) is 0 Å². The van der Waals surface area contributed by atoms with Crippen molar-refractivity contribution in [1.82, 2.24) is 0 Å². The average Bonchev–Trinajstić information content (AvgIpc) is 3.19. The van der Waals surface area contributed by atoms with E-state index in [2.05, 4.69) is 6.07 Å². The molecule has 26 heavy (non-hydrogen) atoms. The fourth-order valence-corrected chi connectivity index (χ4v) is 4.13. The third kappa shape index (κ3) is 3.41. The minimum Gasteiger partial charge on any atom is -0.467 e. The molecule has 130 valence electrons. The molecule has 0 saturated carbocycles. The number of rotatable bonds is 5. The lowest BCUT2D eigenvalue weighted by atomic mass is 10.1. The Balaban J connectivity index is 1.73. The molecule has 0 aliphatic carbocycles. The molecule has 0 aliphatic heterocycles. The predicted octanol–water partition coefficient (Wildman–Crippen LogP) is 5.47. The highest BCUT2D eigenvalue weighted by molar-refractivity contribution is 7.86. The number of fused-ring (bicyclic) bond motifs is 1. The van der Waals surface area contributed by atoms with Gasteiger partial charge in [0.2, 0.25) is 0 Å². The summed E-state index contributed by atoms with van der Waals surface area (Å²) in [5.74, 6) is 0.778. The Labute approximate surface area is 155 Å². The summed E-state index contributed by atoms with van der Waals surface area (Å²) in [6.07, 6.45) is 1.64. The van der Waals surface area contributed by atoms with E-state index in [4.69, 9.17) is 4.42 Å². The van der Waals surface area contributed by atoms with E-state index >= 15 is 0 Å². The normalized spacial score (nSPS) is 12.2. The second kappa shape index (κ2) is 7.18. The van der Waals surface area contributed by atoms with Crippen molar-refractivity contribution in [2.75, 3.05) is 4.31 Å². The van der Waals surface area contributed by atoms with E-state index in [0.29, 0.717) is 6.54 Å². The molecular weight excluding hydrogens is 342 g/mol. The van der Waals surface area contributed by atoms with Crippen LogP contribution >= 0.6 is 0 Å². The molecule has 0 radical (unpaired) electrons. The Morgan fingerprint density at radius 3 is 2.38 bits per heavy atom. The molecule has 0 bridgehead atoms. The molecule has 4 heteroatoms. The first-order valence-electron chi connectivity index (χ1n) is 8.48. The van der Waals surface area contributed by atoms with E-state index in [-0.39, 0.29) is 0 Å². The number of hydrogen-bond acceptors (Lipinski definition) is 2. The van der Waals surface area contributed by atoms with Crippen molar-refractivity contribution in [3.63, 3.8) is 0 Å². The van der Waals surface area contributed by atoms with Gasteiger partial charge in [-0.05, 0) is 54.1 Å². The van der Waals surface area contributed by atoms with Crippen molar-refractivity contribution in [2.45, 2.75) is 18.4 Å². The van der Waals surface area contributed by atoms with Crippen LogP contribution in [0.25, 0.3) is 10.8 Å². The molecule has 0 amide bonds. The van der Waals surface area contributed by atoms with Gasteiger partial charge in [-0.1, -0.05) is 48.0 Å². The summed E-state index contributed by atoms with van der Waals surface area (Å²) >= 11 is 0. The van der Waals surface area contributed by atoms with Gasteiger partial charge in [-0.2, -0.15) is 0 Å². The standard InChI is InChI=1S/C22H19NO2S/c1-17-8-11-20(12-9-17)23(16-21-7-4-14-25-21)26(24)22-13-10-18-5-2-3-6-19(18)15-22/h2-15H,16H2,1H3/t26-/m1/s1. The third-order valence-corrected chi connectivity index (χ3v) is 5.72. The first-order chi connectivity index (χ1) is 12.7. The number of anilines is 1. The van der Waals surface area contributed by atoms with Gasteiger partial charge in [0.1, 0.15) is 5.76 Å². The minimum atomic E-state index is -1.35. The highest BCUT2D eigenvalue weighted by Gasteiger charge is 2.18. The highest BCUT2D eigenvalue weighted by atomic mass is 32.2. The van der Waals surface area contributed by atoms with Crippen molar-refractivity contribution < 1.29 is 8.63 Å². The zero-order valence-corrected chi connectivity index (χ0v) is 15.3. The summed E-state index contributed by atoms with van der Waals surface area (Å²) in [4.78, 5) is 0.774. The Kier molecular flexibility index (Phi) is 4.59. The van der Waals surface area contributed by atoms with Gasteiger partial charge < -0.3 is 4.42 Å². The largest absolute Gasteiger partial charge is 0.467 e. The maximum Gasteiger partial charge on any atom is 0.153 e. The zero-order chi connectivity index (χ0) is 17.9. The van der Waals surface area contributed by atoms with Crippen molar-refractivity contribution in [3.05, 3.63) is 96.4 Å². The topological polar surface area (TPSA) is 33.5 Å². The molecule has 3 aromatic carbocycles. The molecule has 0 saturated heterocycles. The lowest BCUT2D eigenvalue weighted by Crippen LogP contribution is -2.25. The van der Waals surface area contributed by atoms with Crippen LogP contribution in [-0.2, 0) is 17.5 Å². The van der Waals surface area contributed by atoms with Crippen LogP contribution in [0.15, 0.2) is 94.4 Å². The second-order valence-electron chi connectivity index (χ2n) is 6.21. The van der Waals surface area contributed by atoms with Gasteiger partial charge in [-0.3, -0.25) is 4.31 Å². The first kappa shape index (κ1) is 16.6. The Bertz CT molecular complexity index is 1040. The lowest BCUT2D eigenvalue weighted by molar-refractivity contribution is 0.512. The molecule has 0 spiro atoms. The molecule has 4 aromatic rings. The number of aryl methyl sites for hydroxylation is 1. The number of hydrogen-bond donors (Lipinski definition) is 0. The number of benzene rings is 3. The minimum absolute atomic E-state index is 0.440. The van der Waals surface area contributed by atoms with Gasteiger partial charge in [-0.25, -0.2) is 4.21 Å². The van der Waals surface area contributed by atoms with Crippen LogP contribution in [0.1, 0.15) is 11.3 Å². The summed E-state index contributed by atoms with van der Waals surface area (Å²) in [5.41, 5.74) is 2.07. The monoisotopic (exact) mass is 361 g/mol. The fraction of sp³-hybridized carbons (Fsp3) is 0.0909. The second-order valence-corrected chi connectivity index (χ2v) is 7.62. The van der Waals surface area contributed by atoms with Gasteiger partial charge in [0.25, 0.3) is 0 Å². The van der Waals surface area contributed by atoms with E-state index in [1.54, 1.807) is 6.26 Å². The van der Waals surface area contributed by atoms with Gasteiger partial charge >= 0.3 is 0 Å². The summed E-state index contributed by atoms with van der Waals surface area (Å²) < 4.78 is 20.7. The summed E-state index contributed by atoms with van der Waals surface area (Å²) in [7, 11) is -1.35. The lowest BCUT2D eigenvalue weighted by Gasteiger charge is -2.23. The molecule has 1 heterocycles. The van der Waals surface area contributed by atoms with Crippen LogP contribution in [-0.4, -0.2) is 4.21 Å². The van der Waals surface area contributed by atoms with Crippen molar-refractivity contribution in [3.8, 4) is 0 Å².